The molecule has 2 aromatic carbocycles. The van der Waals surface area contributed by atoms with Gasteiger partial charge in [-0.2, -0.15) is 0 Å². The third-order valence-corrected chi connectivity index (χ3v) is 5.22. The summed E-state index contributed by atoms with van der Waals surface area (Å²) in [4.78, 5) is 26.9. The molecule has 1 N–H and O–H groups in total. The molecular formula is C20H20ClNO3. The van der Waals surface area contributed by atoms with Crippen molar-refractivity contribution in [2.24, 2.45) is 0 Å². The van der Waals surface area contributed by atoms with Gasteiger partial charge in [0.2, 0.25) is 0 Å². The first-order valence-corrected chi connectivity index (χ1v) is 8.44. The summed E-state index contributed by atoms with van der Waals surface area (Å²) in [6.07, 6.45) is -0.313. The number of nitrogens with zero attached hydrogens (tertiary/aromatic N) is 1. The molecule has 5 heteroatoms. The summed E-state index contributed by atoms with van der Waals surface area (Å²) in [7, 11) is 1.58. The van der Waals surface area contributed by atoms with Crippen LogP contribution in [0.3, 0.4) is 0 Å². The Labute approximate surface area is 152 Å². The molecular weight excluding hydrogens is 338 g/mol. The quantitative estimate of drug-likeness (QED) is 0.852. The number of hydrogen-bond donors (Lipinski definition) is 1. The molecule has 1 aliphatic heterocycles. The van der Waals surface area contributed by atoms with Crippen LogP contribution in [-0.4, -0.2) is 23.8 Å². The van der Waals surface area contributed by atoms with Crippen LogP contribution in [0.15, 0.2) is 30.3 Å². The van der Waals surface area contributed by atoms with Gasteiger partial charge in [-0.25, -0.2) is 0 Å². The highest BCUT2D eigenvalue weighted by molar-refractivity contribution is 6.31. The van der Waals surface area contributed by atoms with Crippen LogP contribution in [0.25, 0.3) is 0 Å². The number of ketones is 1. The number of carbonyl (C=O) groups is 2. The minimum Gasteiger partial charge on any atom is -0.375 e. The molecule has 0 aliphatic carbocycles. The molecule has 0 saturated heterocycles. The zero-order valence-electron chi connectivity index (χ0n) is 14.7. The van der Waals surface area contributed by atoms with E-state index in [1.54, 1.807) is 25.2 Å². The van der Waals surface area contributed by atoms with E-state index in [1.807, 2.05) is 32.9 Å². The lowest BCUT2D eigenvalue weighted by molar-refractivity contribution is -0.135. The highest BCUT2D eigenvalue weighted by atomic mass is 35.5. The van der Waals surface area contributed by atoms with Crippen molar-refractivity contribution in [1.82, 2.24) is 0 Å². The third-order valence-electron chi connectivity index (χ3n) is 4.98. The minimum atomic E-state index is -1.89. The Morgan fingerprint density at radius 3 is 2.44 bits per heavy atom. The lowest BCUT2D eigenvalue weighted by Crippen LogP contribution is -2.40. The Bertz CT molecular complexity index is 906. The lowest BCUT2D eigenvalue weighted by Gasteiger charge is -2.22. The van der Waals surface area contributed by atoms with E-state index in [1.165, 1.54) is 4.90 Å². The topological polar surface area (TPSA) is 57.6 Å². The van der Waals surface area contributed by atoms with Crippen molar-refractivity contribution >= 4 is 29.0 Å². The van der Waals surface area contributed by atoms with E-state index in [0.717, 1.165) is 16.7 Å². The van der Waals surface area contributed by atoms with E-state index in [0.29, 0.717) is 21.8 Å². The van der Waals surface area contributed by atoms with Crippen LogP contribution >= 0.6 is 11.6 Å². The van der Waals surface area contributed by atoms with Crippen LogP contribution in [0.1, 0.15) is 39.0 Å². The fourth-order valence-corrected chi connectivity index (χ4v) is 3.57. The van der Waals surface area contributed by atoms with E-state index in [4.69, 9.17) is 11.6 Å². The van der Waals surface area contributed by atoms with Gasteiger partial charge in [0.15, 0.2) is 11.4 Å². The lowest BCUT2D eigenvalue weighted by atomic mass is 9.86. The minimum absolute atomic E-state index is 0.266. The first-order chi connectivity index (χ1) is 11.6. The van der Waals surface area contributed by atoms with Gasteiger partial charge in [0.25, 0.3) is 5.91 Å². The number of rotatable bonds is 3. The van der Waals surface area contributed by atoms with Gasteiger partial charge in [0, 0.05) is 23.2 Å². The Balaban J connectivity index is 2.03. The van der Waals surface area contributed by atoms with Gasteiger partial charge in [0.1, 0.15) is 0 Å². The molecule has 0 aromatic heterocycles. The van der Waals surface area contributed by atoms with Crippen LogP contribution in [0.4, 0.5) is 5.69 Å². The second kappa shape index (κ2) is 5.97. The van der Waals surface area contributed by atoms with Gasteiger partial charge >= 0.3 is 0 Å². The Morgan fingerprint density at radius 1 is 1.12 bits per heavy atom. The Hall–Kier alpha value is -2.17. The Morgan fingerprint density at radius 2 is 1.76 bits per heavy atom. The van der Waals surface area contributed by atoms with Crippen LogP contribution in [0, 0.1) is 20.8 Å². The number of anilines is 1. The van der Waals surface area contributed by atoms with E-state index < -0.39 is 11.5 Å². The predicted molar refractivity (Wildman–Crippen MR) is 98.4 cm³/mol. The molecule has 0 radical (unpaired) electrons. The van der Waals surface area contributed by atoms with Crippen molar-refractivity contribution < 1.29 is 14.7 Å². The molecule has 1 aliphatic rings. The van der Waals surface area contributed by atoms with Gasteiger partial charge in [-0.05, 0) is 61.7 Å². The number of fused-ring (bicyclic) bond motifs is 1. The summed E-state index contributed by atoms with van der Waals surface area (Å²) in [6, 6.07) is 8.65. The van der Waals surface area contributed by atoms with Gasteiger partial charge in [-0.15, -0.1) is 0 Å². The van der Waals surface area contributed by atoms with Crippen LogP contribution in [-0.2, 0) is 10.4 Å². The van der Waals surface area contributed by atoms with E-state index >= 15 is 0 Å². The number of likely N-dealkylation sites (N-methyl/N-ethyl adjacent to an activating group) is 1. The molecule has 1 unspecified atom stereocenters. The summed E-state index contributed by atoms with van der Waals surface area (Å²) in [6.45, 7) is 5.78. The second-order valence-corrected chi connectivity index (χ2v) is 7.17. The molecule has 25 heavy (non-hydrogen) atoms. The highest BCUT2D eigenvalue weighted by Crippen LogP contribution is 2.43. The number of amides is 1. The SMILES string of the molecule is Cc1cc(C)c(C(=O)CC2(O)C(=O)N(C)c3ccc(Cl)cc32)cc1C. The smallest absolute Gasteiger partial charge is 0.263 e. The molecule has 0 fully saturated rings. The third kappa shape index (κ3) is 2.75. The molecule has 0 bridgehead atoms. The van der Waals surface area contributed by atoms with Crippen molar-refractivity contribution in [2.75, 3.05) is 11.9 Å². The number of carbonyl (C=O) groups excluding carboxylic acids is 2. The monoisotopic (exact) mass is 357 g/mol. The zero-order valence-corrected chi connectivity index (χ0v) is 15.4. The van der Waals surface area contributed by atoms with Gasteiger partial charge in [-0.1, -0.05) is 17.7 Å². The summed E-state index contributed by atoms with van der Waals surface area (Å²) < 4.78 is 0. The summed E-state index contributed by atoms with van der Waals surface area (Å²) in [5, 5.41) is 11.5. The fraction of sp³-hybridized carbons (Fsp3) is 0.300. The largest absolute Gasteiger partial charge is 0.375 e. The maximum atomic E-state index is 12.9. The van der Waals surface area contributed by atoms with Crippen molar-refractivity contribution in [3.05, 3.63) is 63.2 Å². The first kappa shape index (κ1) is 17.6. The van der Waals surface area contributed by atoms with Crippen LogP contribution in [0.5, 0.6) is 0 Å². The van der Waals surface area contributed by atoms with E-state index in [-0.39, 0.29) is 12.2 Å². The molecule has 2 aromatic rings. The van der Waals surface area contributed by atoms with Gasteiger partial charge in [0.05, 0.1) is 12.1 Å². The average molecular weight is 358 g/mol. The molecule has 3 rings (SSSR count). The number of benzene rings is 2. The molecule has 130 valence electrons. The summed E-state index contributed by atoms with van der Waals surface area (Å²) >= 11 is 6.04. The van der Waals surface area contributed by atoms with Crippen molar-refractivity contribution in [2.45, 2.75) is 32.8 Å². The highest BCUT2D eigenvalue weighted by Gasteiger charge is 2.49. The number of Topliss-reactive ketones (excluding diaryl/α,β-unsaturated/α-hetero) is 1. The molecule has 0 spiro atoms. The number of hydrogen-bond acceptors (Lipinski definition) is 3. The first-order valence-electron chi connectivity index (χ1n) is 8.07. The van der Waals surface area contributed by atoms with Crippen molar-refractivity contribution in [1.29, 1.82) is 0 Å². The summed E-state index contributed by atoms with van der Waals surface area (Å²) in [5.74, 6) is -0.780. The van der Waals surface area contributed by atoms with E-state index in [9.17, 15) is 14.7 Å². The normalized spacial score (nSPS) is 19.3. The maximum Gasteiger partial charge on any atom is 0.263 e. The van der Waals surface area contributed by atoms with Crippen molar-refractivity contribution in [3.8, 4) is 0 Å². The van der Waals surface area contributed by atoms with Gasteiger partial charge < -0.3 is 10.0 Å². The molecule has 0 saturated carbocycles. The zero-order chi connectivity index (χ0) is 18.5. The average Bonchev–Trinajstić information content (AvgIpc) is 2.72. The molecule has 4 nitrogen and oxygen atoms in total. The Kier molecular flexibility index (Phi) is 4.21. The van der Waals surface area contributed by atoms with Gasteiger partial charge in [-0.3, -0.25) is 9.59 Å². The predicted octanol–water partition coefficient (Wildman–Crippen LogP) is 3.70. The molecule has 1 atom stereocenters. The van der Waals surface area contributed by atoms with Crippen molar-refractivity contribution in [3.63, 3.8) is 0 Å². The molecule has 1 amide bonds. The number of halogens is 1. The fourth-order valence-electron chi connectivity index (χ4n) is 3.39. The maximum absolute atomic E-state index is 12.9. The number of aryl methyl sites for hydroxylation is 3. The summed E-state index contributed by atoms with van der Waals surface area (Å²) in [5.41, 5.74) is 2.52. The standard InChI is InChI=1S/C20H20ClNO3/c1-11-7-13(3)15(8-12(11)2)18(23)10-20(25)16-9-14(21)5-6-17(16)22(4)19(20)24/h5-9,25H,10H2,1-4H3. The molecule has 1 heterocycles. The van der Waals surface area contributed by atoms with Crippen LogP contribution in [0.2, 0.25) is 5.02 Å². The second-order valence-electron chi connectivity index (χ2n) is 6.74. The number of aliphatic hydroxyl groups is 1. The van der Waals surface area contributed by atoms with E-state index in [2.05, 4.69) is 0 Å². The van der Waals surface area contributed by atoms with Crippen LogP contribution < -0.4 is 4.90 Å².